The van der Waals surface area contributed by atoms with Gasteiger partial charge in [0.1, 0.15) is 12.4 Å². The van der Waals surface area contributed by atoms with Gasteiger partial charge in [-0.3, -0.25) is 9.36 Å². The molecule has 1 heterocycles. The van der Waals surface area contributed by atoms with Gasteiger partial charge >= 0.3 is 0 Å². The van der Waals surface area contributed by atoms with Crippen LogP contribution in [0.2, 0.25) is 0 Å². The average Bonchev–Trinajstić information content (AvgIpc) is 2.48. The smallest absolute Gasteiger partial charge is 0.253 e. The van der Waals surface area contributed by atoms with Crippen molar-refractivity contribution in [2.45, 2.75) is 6.54 Å². The summed E-state index contributed by atoms with van der Waals surface area (Å²) < 4.78 is 7.10. The summed E-state index contributed by atoms with van der Waals surface area (Å²) in [4.78, 5) is 15.4. The van der Waals surface area contributed by atoms with Gasteiger partial charge in [0.2, 0.25) is 0 Å². The fraction of sp³-hybridized carbons (Fsp3) is 0.200. The van der Waals surface area contributed by atoms with E-state index in [1.54, 1.807) is 0 Å². The molecule has 0 aliphatic carbocycles. The number of nitrogens with two attached hydrogens (primary N) is 1. The highest BCUT2D eigenvalue weighted by Crippen LogP contribution is 2.12. The van der Waals surface area contributed by atoms with Gasteiger partial charge in [0.05, 0.1) is 19.4 Å². The molecule has 5 heteroatoms. The van der Waals surface area contributed by atoms with E-state index in [1.165, 1.54) is 23.2 Å². The zero-order valence-electron chi connectivity index (χ0n) is 11.0. The molecule has 2 rings (SSSR count). The molecule has 0 saturated carbocycles. The molecule has 102 valence electrons. The number of benzene rings is 1. The Labute approximate surface area is 117 Å². The fourth-order valence-electron chi connectivity index (χ4n) is 1.62. The third-order valence-corrected chi connectivity index (χ3v) is 2.56. The van der Waals surface area contributed by atoms with Crippen molar-refractivity contribution < 1.29 is 4.74 Å². The van der Waals surface area contributed by atoms with E-state index < -0.39 is 0 Å². The summed E-state index contributed by atoms with van der Waals surface area (Å²) >= 11 is 0. The second kappa shape index (κ2) is 7.12. The normalized spacial score (nSPS) is 9.65. The number of ether oxygens (including phenoxy) is 1. The molecule has 0 atom stereocenters. The quantitative estimate of drug-likeness (QED) is 0.827. The maximum atomic E-state index is 11.5. The Hall–Kier alpha value is -2.58. The van der Waals surface area contributed by atoms with Crippen molar-refractivity contribution in [2.75, 3.05) is 13.2 Å². The van der Waals surface area contributed by atoms with Crippen LogP contribution in [0.3, 0.4) is 0 Å². The standard InChI is InChI=1S/C15H15N3O2/c16-7-2-4-13-3-1-5-14(11-13)20-10-9-18-12-17-8-6-15(18)19/h1,3,5-6,8,11-12H,7,9-10,16H2. The van der Waals surface area contributed by atoms with Crippen LogP contribution >= 0.6 is 0 Å². The van der Waals surface area contributed by atoms with Crippen LogP contribution in [0.25, 0.3) is 0 Å². The van der Waals surface area contributed by atoms with Crippen LogP contribution in [-0.4, -0.2) is 22.7 Å². The van der Waals surface area contributed by atoms with Crippen molar-refractivity contribution in [2.24, 2.45) is 5.73 Å². The van der Waals surface area contributed by atoms with E-state index >= 15 is 0 Å². The summed E-state index contributed by atoms with van der Waals surface area (Å²) in [6, 6.07) is 8.87. The molecule has 5 nitrogen and oxygen atoms in total. The van der Waals surface area contributed by atoms with Crippen molar-refractivity contribution in [3.8, 4) is 17.6 Å². The Morgan fingerprint density at radius 2 is 2.25 bits per heavy atom. The number of rotatable bonds is 4. The highest BCUT2D eigenvalue weighted by atomic mass is 16.5. The lowest BCUT2D eigenvalue weighted by Gasteiger charge is -2.07. The predicted molar refractivity (Wildman–Crippen MR) is 76.4 cm³/mol. The SMILES string of the molecule is NCC#Cc1cccc(OCCn2cnccc2=O)c1. The second-order valence-corrected chi connectivity index (χ2v) is 3.99. The van der Waals surface area contributed by atoms with E-state index in [0.717, 1.165) is 5.56 Å². The van der Waals surface area contributed by atoms with Crippen molar-refractivity contribution in [3.63, 3.8) is 0 Å². The Morgan fingerprint density at radius 1 is 1.35 bits per heavy atom. The molecule has 0 saturated heterocycles. The third kappa shape index (κ3) is 3.97. The molecule has 2 aromatic rings. The molecule has 0 spiro atoms. The Morgan fingerprint density at radius 3 is 3.05 bits per heavy atom. The van der Waals surface area contributed by atoms with E-state index in [1.807, 2.05) is 24.3 Å². The van der Waals surface area contributed by atoms with Crippen molar-refractivity contribution in [1.82, 2.24) is 9.55 Å². The molecule has 0 aliphatic heterocycles. The fourth-order valence-corrected chi connectivity index (χ4v) is 1.62. The zero-order chi connectivity index (χ0) is 14.2. The van der Waals surface area contributed by atoms with Gasteiger partial charge < -0.3 is 10.5 Å². The molecule has 0 amide bonds. The van der Waals surface area contributed by atoms with E-state index in [-0.39, 0.29) is 5.56 Å². The number of nitrogens with zero attached hydrogens (tertiary/aromatic N) is 2. The predicted octanol–water partition coefficient (Wildman–Crippen LogP) is 0.633. The summed E-state index contributed by atoms with van der Waals surface area (Å²) in [7, 11) is 0. The molecule has 0 aliphatic rings. The van der Waals surface area contributed by atoms with Crippen molar-refractivity contribution in [1.29, 1.82) is 0 Å². The van der Waals surface area contributed by atoms with E-state index in [2.05, 4.69) is 16.8 Å². The molecule has 0 unspecified atom stereocenters. The highest BCUT2D eigenvalue weighted by Gasteiger charge is 1.97. The van der Waals surface area contributed by atoms with Crippen LogP contribution in [0.1, 0.15) is 5.56 Å². The van der Waals surface area contributed by atoms with E-state index in [4.69, 9.17) is 10.5 Å². The van der Waals surface area contributed by atoms with E-state index in [9.17, 15) is 4.79 Å². The first-order chi connectivity index (χ1) is 9.79. The number of hydrogen-bond acceptors (Lipinski definition) is 4. The summed E-state index contributed by atoms with van der Waals surface area (Å²) in [6.07, 6.45) is 2.97. The lowest BCUT2D eigenvalue weighted by molar-refractivity contribution is 0.295. The molecule has 20 heavy (non-hydrogen) atoms. The zero-order valence-corrected chi connectivity index (χ0v) is 11.0. The lowest BCUT2D eigenvalue weighted by atomic mass is 10.2. The minimum Gasteiger partial charge on any atom is -0.492 e. The summed E-state index contributed by atoms with van der Waals surface area (Å²) in [5.41, 5.74) is 6.09. The Bertz CT molecular complexity index is 683. The number of hydrogen-bond donors (Lipinski definition) is 1. The molecular weight excluding hydrogens is 254 g/mol. The van der Waals surface area contributed by atoms with Gasteiger partial charge in [-0.05, 0) is 18.2 Å². The van der Waals surface area contributed by atoms with Crippen LogP contribution in [0.4, 0.5) is 0 Å². The van der Waals surface area contributed by atoms with Crippen LogP contribution in [0.5, 0.6) is 5.75 Å². The second-order valence-electron chi connectivity index (χ2n) is 3.99. The summed E-state index contributed by atoms with van der Waals surface area (Å²) in [5, 5.41) is 0. The van der Waals surface area contributed by atoms with Crippen molar-refractivity contribution >= 4 is 0 Å². The monoisotopic (exact) mass is 269 g/mol. The molecule has 0 fully saturated rings. The topological polar surface area (TPSA) is 70.1 Å². The average molecular weight is 269 g/mol. The Kier molecular flexibility index (Phi) is 4.93. The minimum absolute atomic E-state index is 0.0915. The molecule has 1 aromatic heterocycles. The van der Waals surface area contributed by atoms with Crippen LogP contribution in [-0.2, 0) is 6.54 Å². The highest BCUT2D eigenvalue weighted by molar-refractivity contribution is 5.39. The van der Waals surface area contributed by atoms with Gasteiger partial charge in [0.25, 0.3) is 5.56 Å². The van der Waals surface area contributed by atoms with Crippen LogP contribution in [0.15, 0.2) is 47.7 Å². The van der Waals surface area contributed by atoms with Crippen LogP contribution in [0, 0.1) is 11.8 Å². The van der Waals surface area contributed by atoms with Gasteiger partial charge in [-0.1, -0.05) is 17.9 Å². The molecule has 1 aromatic carbocycles. The van der Waals surface area contributed by atoms with Gasteiger partial charge in [-0.2, -0.15) is 0 Å². The number of aromatic nitrogens is 2. The summed E-state index contributed by atoms with van der Waals surface area (Å²) in [5.74, 6) is 6.45. The lowest BCUT2D eigenvalue weighted by Crippen LogP contribution is -2.22. The largest absolute Gasteiger partial charge is 0.492 e. The third-order valence-electron chi connectivity index (χ3n) is 2.56. The van der Waals surface area contributed by atoms with E-state index in [0.29, 0.717) is 25.4 Å². The first kappa shape index (κ1) is 13.8. The summed E-state index contributed by atoms with van der Waals surface area (Å²) in [6.45, 7) is 1.17. The van der Waals surface area contributed by atoms with Gasteiger partial charge in [0.15, 0.2) is 0 Å². The first-order valence-electron chi connectivity index (χ1n) is 6.22. The molecule has 0 bridgehead atoms. The maximum Gasteiger partial charge on any atom is 0.253 e. The first-order valence-corrected chi connectivity index (χ1v) is 6.22. The maximum absolute atomic E-state index is 11.5. The van der Waals surface area contributed by atoms with Crippen molar-refractivity contribution in [3.05, 3.63) is 58.8 Å². The molecular formula is C15H15N3O2. The minimum atomic E-state index is -0.0915. The Balaban J connectivity index is 1.94. The van der Waals surface area contributed by atoms with Gasteiger partial charge in [-0.25, -0.2) is 4.98 Å². The molecule has 2 N–H and O–H groups in total. The van der Waals surface area contributed by atoms with Crippen LogP contribution < -0.4 is 16.0 Å². The van der Waals surface area contributed by atoms with Gasteiger partial charge in [0, 0.05) is 17.8 Å². The molecule has 0 radical (unpaired) electrons. The van der Waals surface area contributed by atoms with Gasteiger partial charge in [-0.15, -0.1) is 0 Å².